The lowest BCUT2D eigenvalue weighted by atomic mass is 10.1. The number of methoxy groups -OCH3 is 1. The van der Waals surface area contributed by atoms with Crippen LogP contribution in [-0.4, -0.2) is 38.5 Å². The number of halogens is 2. The minimum absolute atomic E-state index is 0.0157. The van der Waals surface area contributed by atoms with Crippen LogP contribution in [0, 0.1) is 6.92 Å². The second-order valence-corrected chi connectivity index (χ2v) is 10.7. The van der Waals surface area contributed by atoms with Gasteiger partial charge >= 0.3 is 0 Å². The van der Waals surface area contributed by atoms with Crippen molar-refractivity contribution in [1.29, 1.82) is 0 Å². The third kappa shape index (κ3) is 6.89. The fourth-order valence-corrected chi connectivity index (χ4v) is 4.94. The molecule has 0 aromatic heterocycles. The molecule has 3 aromatic carbocycles. The van der Waals surface area contributed by atoms with Crippen molar-refractivity contribution in [1.82, 2.24) is 9.73 Å². The zero-order chi connectivity index (χ0) is 24.7. The Bertz CT molecular complexity index is 1280. The summed E-state index contributed by atoms with van der Waals surface area (Å²) in [6.07, 6.45) is 1.43. The average Bonchev–Trinajstić information content (AvgIpc) is 2.80. The Morgan fingerprint density at radius 1 is 1.12 bits per heavy atom. The van der Waals surface area contributed by atoms with Crippen molar-refractivity contribution in [3.05, 3.63) is 92.9 Å². The number of amides is 1. The molecular formula is C24H23BrClN3O4S. The van der Waals surface area contributed by atoms with Gasteiger partial charge in [0.1, 0.15) is 5.75 Å². The van der Waals surface area contributed by atoms with Gasteiger partial charge < -0.3 is 4.74 Å². The van der Waals surface area contributed by atoms with Crippen LogP contribution >= 0.6 is 27.5 Å². The Hall–Kier alpha value is -2.72. The van der Waals surface area contributed by atoms with E-state index in [0.717, 1.165) is 19.9 Å². The van der Waals surface area contributed by atoms with Crippen LogP contribution in [0.4, 0.5) is 0 Å². The highest BCUT2D eigenvalue weighted by Gasteiger charge is 2.27. The molecule has 0 unspecified atom stereocenters. The van der Waals surface area contributed by atoms with E-state index in [1.54, 1.807) is 12.1 Å². The molecule has 10 heteroatoms. The molecule has 0 bridgehead atoms. The van der Waals surface area contributed by atoms with E-state index in [1.807, 2.05) is 37.3 Å². The van der Waals surface area contributed by atoms with Gasteiger partial charge in [0.2, 0.25) is 10.0 Å². The first kappa shape index (κ1) is 25.9. The lowest BCUT2D eigenvalue weighted by Crippen LogP contribution is -2.39. The van der Waals surface area contributed by atoms with Gasteiger partial charge in [-0.1, -0.05) is 57.4 Å². The quantitative estimate of drug-likeness (QED) is 0.300. The molecule has 1 amide bonds. The molecule has 0 saturated carbocycles. The number of benzene rings is 3. The third-order valence-electron chi connectivity index (χ3n) is 4.84. The molecule has 0 spiro atoms. The van der Waals surface area contributed by atoms with Crippen molar-refractivity contribution in [2.45, 2.75) is 18.4 Å². The van der Waals surface area contributed by atoms with Crippen molar-refractivity contribution in [2.75, 3.05) is 13.7 Å². The zero-order valence-electron chi connectivity index (χ0n) is 18.5. The molecule has 0 atom stereocenters. The molecule has 1 N–H and O–H groups in total. The molecule has 0 aliphatic carbocycles. The predicted molar refractivity (Wildman–Crippen MR) is 137 cm³/mol. The van der Waals surface area contributed by atoms with Crippen molar-refractivity contribution in [3.8, 4) is 5.75 Å². The molecule has 0 fully saturated rings. The minimum Gasteiger partial charge on any atom is -0.496 e. The Kier molecular flexibility index (Phi) is 8.84. The molecule has 0 saturated heterocycles. The number of hydrazone groups is 1. The van der Waals surface area contributed by atoms with E-state index >= 15 is 0 Å². The Labute approximate surface area is 212 Å². The lowest BCUT2D eigenvalue weighted by Gasteiger charge is -2.21. The maximum Gasteiger partial charge on any atom is 0.255 e. The first-order chi connectivity index (χ1) is 16.2. The smallest absolute Gasteiger partial charge is 0.255 e. The highest BCUT2D eigenvalue weighted by molar-refractivity contribution is 9.10. The predicted octanol–water partition coefficient (Wildman–Crippen LogP) is 4.76. The van der Waals surface area contributed by atoms with Crippen molar-refractivity contribution in [3.63, 3.8) is 0 Å². The van der Waals surface area contributed by atoms with Crippen molar-refractivity contribution in [2.24, 2.45) is 5.10 Å². The number of sulfonamides is 1. The normalized spacial score (nSPS) is 11.7. The van der Waals surface area contributed by atoms with Crippen LogP contribution in [0.1, 0.15) is 16.7 Å². The first-order valence-electron chi connectivity index (χ1n) is 10.2. The molecule has 3 aromatic rings. The summed E-state index contributed by atoms with van der Waals surface area (Å²) in [6.45, 7) is 1.53. The summed E-state index contributed by atoms with van der Waals surface area (Å²) < 4.78 is 33.8. The Balaban J connectivity index is 1.80. The minimum atomic E-state index is -3.98. The van der Waals surface area contributed by atoms with Crippen LogP contribution in [0.3, 0.4) is 0 Å². The number of ether oxygens (including phenoxy) is 1. The fourth-order valence-electron chi connectivity index (χ4n) is 3.05. The molecule has 0 aliphatic heterocycles. The van der Waals surface area contributed by atoms with Gasteiger partial charge in [-0.15, -0.1) is 0 Å². The molecule has 0 aliphatic rings. The third-order valence-corrected chi connectivity index (χ3v) is 7.39. The SMILES string of the molecule is COc1ccc(Br)cc1/C=N\NC(=O)CN(Cc1ccc(C)cc1)S(=O)(=O)c1ccc(Cl)cc1. The van der Waals surface area contributed by atoms with Crippen molar-refractivity contribution < 1.29 is 17.9 Å². The number of nitrogens with zero attached hydrogens (tertiary/aromatic N) is 2. The molecular weight excluding hydrogens is 542 g/mol. The van der Waals surface area contributed by atoms with E-state index in [-0.39, 0.29) is 11.4 Å². The summed E-state index contributed by atoms with van der Waals surface area (Å²) >= 11 is 9.29. The molecule has 3 rings (SSSR count). The van der Waals surface area contributed by atoms with Gasteiger partial charge in [0.15, 0.2) is 0 Å². The van der Waals surface area contributed by atoms with E-state index in [4.69, 9.17) is 16.3 Å². The molecule has 0 radical (unpaired) electrons. The van der Waals surface area contributed by atoms with Crippen LogP contribution in [0.25, 0.3) is 0 Å². The average molecular weight is 565 g/mol. The van der Waals surface area contributed by atoms with Gasteiger partial charge in [-0.05, 0) is 55.0 Å². The topological polar surface area (TPSA) is 88.1 Å². The summed E-state index contributed by atoms with van der Waals surface area (Å²) in [5.41, 5.74) is 4.83. The van der Waals surface area contributed by atoms with Crippen molar-refractivity contribution >= 4 is 49.7 Å². The maximum absolute atomic E-state index is 13.3. The number of aryl methyl sites for hydroxylation is 1. The molecule has 0 heterocycles. The second kappa shape index (κ2) is 11.6. The first-order valence-corrected chi connectivity index (χ1v) is 12.8. The van der Waals surface area contributed by atoms with Gasteiger partial charge in [-0.25, -0.2) is 13.8 Å². The van der Waals surface area contributed by atoms with Crippen LogP contribution in [0.5, 0.6) is 5.75 Å². The standard InChI is InChI=1S/C24H23BrClN3O4S/c1-17-3-5-18(6-4-17)15-29(34(31,32)22-10-8-21(26)9-11-22)16-24(30)28-27-14-19-13-20(25)7-12-23(19)33-2/h3-14H,15-16H2,1-2H3,(H,28,30)/b27-14-. The Morgan fingerprint density at radius 2 is 1.79 bits per heavy atom. The number of nitrogens with one attached hydrogen (secondary N) is 1. The monoisotopic (exact) mass is 563 g/mol. The number of carbonyl (C=O) groups is 1. The van der Waals surface area contributed by atoms with Crippen LogP contribution < -0.4 is 10.2 Å². The number of carbonyl (C=O) groups excluding carboxylic acids is 1. The highest BCUT2D eigenvalue weighted by Crippen LogP contribution is 2.22. The molecule has 34 heavy (non-hydrogen) atoms. The van der Waals surface area contributed by atoms with Crippen LogP contribution in [-0.2, 0) is 21.4 Å². The summed E-state index contributed by atoms with van der Waals surface area (Å²) in [4.78, 5) is 12.7. The second-order valence-electron chi connectivity index (χ2n) is 7.39. The number of hydrogen-bond acceptors (Lipinski definition) is 5. The highest BCUT2D eigenvalue weighted by atomic mass is 79.9. The molecule has 7 nitrogen and oxygen atoms in total. The van der Waals surface area contributed by atoms with Gasteiger partial charge in [0.05, 0.1) is 24.8 Å². The van der Waals surface area contributed by atoms with E-state index in [0.29, 0.717) is 16.3 Å². The summed E-state index contributed by atoms with van der Waals surface area (Å²) in [7, 11) is -2.45. The summed E-state index contributed by atoms with van der Waals surface area (Å²) in [6, 6.07) is 18.6. The maximum atomic E-state index is 13.3. The van der Waals surface area contributed by atoms with Gasteiger partial charge in [-0.3, -0.25) is 4.79 Å². The van der Waals surface area contributed by atoms with E-state index in [9.17, 15) is 13.2 Å². The summed E-state index contributed by atoms with van der Waals surface area (Å²) in [5, 5.41) is 4.38. The van der Waals surface area contributed by atoms with Gasteiger partial charge in [0.25, 0.3) is 5.91 Å². The number of rotatable bonds is 9. The van der Waals surface area contributed by atoms with Gasteiger partial charge in [-0.2, -0.15) is 9.41 Å². The summed E-state index contributed by atoms with van der Waals surface area (Å²) in [5.74, 6) is -0.0117. The van der Waals surface area contributed by atoms with E-state index < -0.39 is 22.5 Å². The van der Waals surface area contributed by atoms with E-state index in [2.05, 4.69) is 26.5 Å². The van der Waals surface area contributed by atoms with E-state index in [1.165, 1.54) is 37.6 Å². The van der Waals surface area contributed by atoms with Crippen LogP contribution in [0.15, 0.2) is 81.2 Å². The van der Waals surface area contributed by atoms with Gasteiger partial charge in [0, 0.05) is 21.6 Å². The fraction of sp³-hybridized carbons (Fsp3) is 0.167. The number of hydrogen-bond donors (Lipinski definition) is 1. The zero-order valence-corrected chi connectivity index (χ0v) is 21.7. The molecule has 178 valence electrons. The largest absolute Gasteiger partial charge is 0.496 e. The Morgan fingerprint density at radius 3 is 2.44 bits per heavy atom. The van der Waals surface area contributed by atoms with Crippen LogP contribution in [0.2, 0.25) is 5.02 Å². The lowest BCUT2D eigenvalue weighted by molar-refractivity contribution is -0.121.